The minimum absolute atomic E-state index is 0.138. The highest BCUT2D eigenvalue weighted by Gasteiger charge is 2.16. The van der Waals surface area contributed by atoms with Crippen LogP contribution in [0.5, 0.6) is 17.2 Å². The first-order valence-electron chi connectivity index (χ1n) is 10.2. The second kappa shape index (κ2) is 9.69. The van der Waals surface area contributed by atoms with Crippen molar-refractivity contribution in [3.8, 4) is 39.5 Å². The van der Waals surface area contributed by atoms with E-state index in [0.29, 0.717) is 22.6 Å². The van der Waals surface area contributed by atoms with E-state index in [2.05, 4.69) is 0 Å². The van der Waals surface area contributed by atoms with Gasteiger partial charge in [-0.3, -0.25) is 0 Å². The van der Waals surface area contributed by atoms with Crippen molar-refractivity contribution >= 4 is 0 Å². The average molecular weight is 450 g/mol. The smallest absolute Gasteiger partial charge is 0.168 e. The molecule has 0 radical (unpaired) electrons. The van der Waals surface area contributed by atoms with Gasteiger partial charge in [0.1, 0.15) is 18.1 Å². The first-order valence-corrected chi connectivity index (χ1v) is 10.2. The normalized spacial score (nSPS) is 10.7. The van der Waals surface area contributed by atoms with Gasteiger partial charge in [-0.1, -0.05) is 48.5 Å². The van der Waals surface area contributed by atoms with Crippen molar-refractivity contribution in [3.63, 3.8) is 0 Å². The Hall–Kier alpha value is -3.93. The summed E-state index contributed by atoms with van der Waals surface area (Å²) in [7, 11) is 2.93. The van der Waals surface area contributed by atoms with Crippen LogP contribution in [0.1, 0.15) is 5.56 Å². The highest BCUT2D eigenvalue weighted by Crippen LogP contribution is 2.32. The molecule has 0 amide bonds. The second-order valence-corrected chi connectivity index (χ2v) is 7.30. The lowest BCUT2D eigenvalue weighted by atomic mass is 9.98. The van der Waals surface area contributed by atoms with Crippen molar-refractivity contribution in [2.75, 3.05) is 14.2 Å². The van der Waals surface area contributed by atoms with E-state index in [1.165, 1.54) is 19.2 Å². The molecule has 0 aliphatic rings. The summed E-state index contributed by atoms with van der Waals surface area (Å²) in [5.74, 6) is -1.20. The van der Waals surface area contributed by atoms with Crippen LogP contribution in [0.15, 0.2) is 78.9 Å². The van der Waals surface area contributed by atoms with Crippen LogP contribution in [0.4, 0.5) is 13.2 Å². The van der Waals surface area contributed by atoms with Crippen LogP contribution in [0.25, 0.3) is 22.3 Å². The van der Waals surface area contributed by atoms with Gasteiger partial charge in [-0.05, 0) is 41.0 Å². The monoisotopic (exact) mass is 450 g/mol. The quantitative estimate of drug-likeness (QED) is 0.302. The van der Waals surface area contributed by atoms with Crippen molar-refractivity contribution in [1.82, 2.24) is 0 Å². The molecule has 168 valence electrons. The van der Waals surface area contributed by atoms with Crippen molar-refractivity contribution in [1.29, 1.82) is 0 Å². The molecule has 4 rings (SSSR count). The number of ether oxygens (including phenoxy) is 3. The number of methoxy groups -OCH3 is 2. The highest BCUT2D eigenvalue weighted by molar-refractivity contribution is 5.72. The maximum atomic E-state index is 14.9. The summed E-state index contributed by atoms with van der Waals surface area (Å²) in [6, 6.07) is 21.1. The molecule has 0 N–H and O–H groups in total. The second-order valence-electron chi connectivity index (χ2n) is 7.30. The molecular weight excluding hydrogens is 429 g/mol. The van der Waals surface area contributed by atoms with Crippen LogP contribution in [0, 0.1) is 17.5 Å². The van der Waals surface area contributed by atoms with Crippen LogP contribution < -0.4 is 14.2 Å². The lowest BCUT2D eigenvalue weighted by Gasteiger charge is -2.11. The van der Waals surface area contributed by atoms with Crippen LogP contribution in [0.3, 0.4) is 0 Å². The van der Waals surface area contributed by atoms with Crippen LogP contribution in [-0.4, -0.2) is 14.2 Å². The number of halogens is 3. The van der Waals surface area contributed by atoms with Crippen LogP contribution >= 0.6 is 0 Å². The van der Waals surface area contributed by atoms with Crippen molar-refractivity contribution < 1.29 is 27.4 Å². The third-order valence-corrected chi connectivity index (χ3v) is 5.28. The molecule has 4 aromatic carbocycles. The van der Waals surface area contributed by atoms with Gasteiger partial charge in [-0.25, -0.2) is 13.2 Å². The van der Waals surface area contributed by atoms with E-state index in [-0.39, 0.29) is 23.5 Å². The van der Waals surface area contributed by atoms with E-state index in [1.54, 1.807) is 73.8 Å². The molecular formula is C27H21F3O3. The summed E-state index contributed by atoms with van der Waals surface area (Å²) in [5, 5.41) is 0. The molecule has 3 nitrogen and oxygen atoms in total. The molecule has 0 heterocycles. The lowest BCUT2D eigenvalue weighted by molar-refractivity contribution is 0.302. The molecule has 0 saturated heterocycles. The lowest BCUT2D eigenvalue weighted by Crippen LogP contribution is -1.97. The Morgan fingerprint density at radius 1 is 0.606 bits per heavy atom. The fraction of sp³-hybridized carbons (Fsp3) is 0.111. The number of benzene rings is 4. The largest absolute Gasteiger partial charge is 0.497 e. The van der Waals surface area contributed by atoms with Gasteiger partial charge >= 0.3 is 0 Å². The Labute approximate surface area is 190 Å². The molecule has 33 heavy (non-hydrogen) atoms. The van der Waals surface area contributed by atoms with E-state index in [1.807, 2.05) is 0 Å². The molecule has 0 aromatic heterocycles. The van der Waals surface area contributed by atoms with E-state index < -0.39 is 17.5 Å². The fourth-order valence-electron chi connectivity index (χ4n) is 3.45. The van der Waals surface area contributed by atoms with Gasteiger partial charge in [0.25, 0.3) is 0 Å². The minimum Gasteiger partial charge on any atom is -0.497 e. The van der Waals surface area contributed by atoms with Crippen molar-refractivity contribution in [3.05, 3.63) is 102 Å². The predicted octanol–water partition coefficient (Wildman–Crippen LogP) is 7.03. The third-order valence-electron chi connectivity index (χ3n) is 5.28. The van der Waals surface area contributed by atoms with E-state index >= 15 is 0 Å². The maximum absolute atomic E-state index is 14.9. The molecule has 4 aromatic rings. The molecule has 0 fully saturated rings. The van der Waals surface area contributed by atoms with Gasteiger partial charge in [-0.15, -0.1) is 0 Å². The first kappa shape index (κ1) is 22.3. The van der Waals surface area contributed by atoms with E-state index in [9.17, 15) is 13.2 Å². The molecule has 0 unspecified atom stereocenters. The van der Waals surface area contributed by atoms with Crippen molar-refractivity contribution in [2.45, 2.75) is 6.61 Å². The van der Waals surface area contributed by atoms with Crippen molar-refractivity contribution in [2.24, 2.45) is 0 Å². The Kier molecular flexibility index (Phi) is 6.54. The molecule has 0 saturated carbocycles. The summed E-state index contributed by atoms with van der Waals surface area (Å²) in [5.41, 5.74) is 2.23. The summed E-state index contributed by atoms with van der Waals surface area (Å²) in [6.07, 6.45) is 0. The Bertz CT molecular complexity index is 1250. The standard InChI is InChI=1S/C27H21F3O3/c1-31-20-9-7-19(8-10-20)23-13-12-22(26(29)27(23)30)18-5-3-17(4-6-18)16-33-21-11-14-25(32-2)24(28)15-21/h3-15H,16H2,1-2H3. The summed E-state index contributed by atoms with van der Waals surface area (Å²) >= 11 is 0. The van der Waals surface area contributed by atoms with Gasteiger partial charge in [0.15, 0.2) is 23.2 Å². The molecule has 0 spiro atoms. The van der Waals surface area contributed by atoms with Crippen LogP contribution in [0.2, 0.25) is 0 Å². The van der Waals surface area contributed by atoms with Crippen LogP contribution in [-0.2, 0) is 6.61 Å². The molecule has 0 bridgehead atoms. The Balaban J connectivity index is 1.50. The summed E-state index contributed by atoms with van der Waals surface area (Å²) < 4.78 is 59.1. The molecule has 0 atom stereocenters. The molecule has 6 heteroatoms. The fourth-order valence-corrected chi connectivity index (χ4v) is 3.45. The van der Waals surface area contributed by atoms with Gasteiger partial charge < -0.3 is 14.2 Å². The minimum atomic E-state index is -0.916. The third kappa shape index (κ3) is 4.80. The SMILES string of the molecule is COc1ccc(-c2ccc(-c3ccc(COc4ccc(OC)c(F)c4)cc3)c(F)c2F)cc1. The number of hydrogen-bond acceptors (Lipinski definition) is 3. The number of rotatable bonds is 7. The average Bonchev–Trinajstić information content (AvgIpc) is 2.85. The first-order chi connectivity index (χ1) is 16.0. The summed E-state index contributed by atoms with van der Waals surface area (Å²) in [4.78, 5) is 0. The van der Waals surface area contributed by atoms with Gasteiger partial charge in [0.2, 0.25) is 0 Å². The molecule has 0 aliphatic heterocycles. The van der Waals surface area contributed by atoms with Gasteiger partial charge in [0.05, 0.1) is 14.2 Å². The zero-order valence-corrected chi connectivity index (χ0v) is 18.1. The topological polar surface area (TPSA) is 27.7 Å². The highest BCUT2D eigenvalue weighted by atomic mass is 19.2. The van der Waals surface area contributed by atoms with Gasteiger partial charge in [-0.2, -0.15) is 0 Å². The Morgan fingerprint density at radius 3 is 1.67 bits per heavy atom. The van der Waals surface area contributed by atoms with E-state index in [0.717, 1.165) is 5.56 Å². The maximum Gasteiger partial charge on any atom is 0.168 e. The zero-order valence-electron chi connectivity index (χ0n) is 18.1. The van der Waals surface area contributed by atoms with Gasteiger partial charge in [0, 0.05) is 17.2 Å². The van der Waals surface area contributed by atoms with E-state index in [4.69, 9.17) is 14.2 Å². The zero-order chi connectivity index (χ0) is 23.4. The summed E-state index contributed by atoms with van der Waals surface area (Å²) in [6.45, 7) is 0.194. The molecule has 0 aliphatic carbocycles. The Morgan fingerprint density at radius 2 is 1.15 bits per heavy atom. The number of hydrogen-bond donors (Lipinski definition) is 0. The predicted molar refractivity (Wildman–Crippen MR) is 121 cm³/mol.